The molecule has 1 atom stereocenters. The molecule has 0 aliphatic carbocycles. The fraction of sp³-hybridized carbons (Fsp3) is 0.385. The van der Waals surface area contributed by atoms with Gasteiger partial charge in [0.2, 0.25) is 0 Å². The molecule has 1 aromatic rings. The van der Waals surface area contributed by atoms with Gasteiger partial charge >= 0.3 is 0 Å². The minimum absolute atomic E-state index is 0.175. The van der Waals surface area contributed by atoms with Crippen LogP contribution >= 0.6 is 0 Å². The Morgan fingerprint density at radius 3 is 2.94 bits per heavy atom. The summed E-state index contributed by atoms with van der Waals surface area (Å²) in [7, 11) is 1.47. The second-order valence-corrected chi connectivity index (χ2v) is 3.65. The molecule has 1 unspecified atom stereocenters. The lowest BCUT2D eigenvalue weighted by atomic mass is 10.1. The third kappa shape index (κ3) is 3.35. The first kappa shape index (κ1) is 12.7. The second-order valence-electron chi connectivity index (χ2n) is 3.65. The van der Waals surface area contributed by atoms with Gasteiger partial charge in [0.05, 0.1) is 7.11 Å². The Labute approximate surface area is 96.1 Å². The number of hydrogen-bond acceptors (Lipinski definition) is 2. The maximum absolute atomic E-state index is 13.2. The van der Waals surface area contributed by atoms with Crippen LogP contribution < -0.4 is 10.1 Å². The van der Waals surface area contributed by atoms with Crippen molar-refractivity contribution in [3.8, 4) is 5.75 Å². The van der Waals surface area contributed by atoms with Crippen LogP contribution in [0.25, 0.3) is 0 Å². The van der Waals surface area contributed by atoms with Crippen molar-refractivity contribution in [1.82, 2.24) is 5.32 Å². The van der Waals surface area contributed by atoms with E-state index in [4.69, 9.17) is 4.74 Å². The molecule has 0 aliphatic heterocycles. The molecule has 0 amide bonds. The van der Waals surface area contributed by atoms with E-state index in [2.05, 4.69) is 11.9 Å². The van der Waals surface area contributed by atoms with Gasteiger partial charge in [-0.05, 0) is 37.6 Å². The lowest BCUT2D eigenvalue weighted by molar-refractivity contribution is 0.385. The molecule has 0 aliphatic rings. The first-order valence-corrected chi connectivity index (χ1v) is 5.36. The highest BCUT2D eigenvalue weighted by Gasteiger charge is 2.08. The molecular weight excluding hydrogens is 205 g/mol. The van der Waals surface area contributed by atoms with E-state index in [0.717, 1.165) is 18.5 Å². The van der Waals surface area contributed by atoms with Gasteiger partial charge in [0.25, 0.3) is 0 Å². The van der Waals surface area contributed by atoms with E-state index >= 15 is 0 Å². The van der Waals surface area contributed by atoms with Crippen molar-refractivity contribution >= 4 is 0 Å². The molecule has 0 radical (unpaired) electrons. The Morgan fingerprint density at radius 1 is 1.56 bits per heavy atom. The Morgan fingerprint density at radius 2 is 2.31 bits per heavy atom. The van der Waals surface area contributed by atoms with Crippen LogP contribution in [0, 0.1) is 5.82 Å². The standard InChI is InChI=1S/C13H18FNO/c1-4-5-8-15-10(2)11-6-7-12(14)13(9-11)16-3/h4,6-7,9-10,15H,1,5,8H2,2-3H3. The van der Waals surface area contributed by atoms with Crippen molar-refractivity contribution in [1.29, 1.82) is 0 Å². The largest absolute Gasteiger partial charge is 0.494 e. The maximum Gasteiger partial charge on any atom is 0.165 e. The summed E-state index contributed by atoms with van der Waals surface area (Å²) >= 11 is 0. The summed E-state index contributed by atoms with van der Waals surface area (Å²) in [4.78, 5) is 0. The van der Waals surface area contributed by atoms with Crippen molar-refractivity contribution in [2.24, 2.45) is 0 Å². The molecule has 3 heteroatoms. The van der Waals surface area contributed by atoms with Crippen molar-refractivity contribution in [2.45, 2.75) is 19.4 Å². The molecule has 0 saturated heterocycles. The highest BCUT2D eigenvalue weighted by Crippen LogP contribution is 2.22. The van der Waals surface area contributed by atoms with Crippen molar-refractivity contribution in [2.75, 3.05) is 13.7 Å². The molecule has 0 aromatic heterocycles. The molecule has 1 rings (SSSR count). The number of rotatable bonds is 6. The molecule has 88 valence electrons. The van der Waals surface area contributed by atoms with Gasteiger partial charge in [0.15, 0.2) is 11.6 Å². The summed E-state index contributed by atoms with van der Waals surface area (Å²) in [5.41, 5.74) is 1.02. The Hall–Kier alpha value is -1.35. The van der Waals surface area contributed by atoms with Crippen LogP contribution in [0.4, 0.5) is 4.39 Å². The van der Waals surface area contributed by atoms with Crippen LogP contribution in [-0.2, 0) is 0 Å². The predicted molar refractivity (Wildman–Crippen MR) is 64.2 cm³/mol. The van der Waals surface area contributed by atoms with Crippen LogP contribution in [-0.4, -0.2) is 13.7 Å². The van der Waals surface area contributed by atoms with Crippen molar-refractivity contribution in [3.63, 3.8) is 0 Å². The van der Waals surface area contributed by atoms with E-state index < -0.39 is 0 Å². The average Bonchev–Trinajstić information content (AvgIpc) is 2.30. The van der Waals surface area contributed by atoms with E-state index in [1.807, 2.05) is 13.0 Å². The highest BCUT2D eigenvalue weighted by molar-refractivity contribution is 5.31. The van der Waals surface area contributed by atoms with Gasteiger partial charge in [-0.25, -0.2) is 4.39 Å². The predicted octanol–water partition coefficient (Wildman–Crippen LogP) is 3.06. The molecule has 1 N–H and O–H groups in total. The molecule has 0 spiro atoms. The topological polar surface area (TPSA) is 21.3 Å². The van der Waals surface area contributed by atoms with Crippen LogP contribution in [0.15, 0.2) is 30.9 Å². The zero-order chi connectivity index (χ0) is 12.0. The summed E-state index contributed by atoms with van der Waals surface area (Å²) in [6.45, 7) is 6.56. The van der Waals surface area contributed by atoms with Crippen LogP contribution in [0.2, 0.25) is 0 Å². The minimum atomic E-state index is -0.329. The number of methoxy groups -OCH3 is 1. The monoisotopic (exact) mass is 223 g/mol. The van der Waals surface area contributed by atoms with Gasteiger partial charge in [-0.1, -0.05) is 12.1 Å². The fourth-order valence-electron chi connectivity index (χ4n) is 1.47. The first-order chi connectivity index (χ1) is 7.69. The number of hydrogen-bond donors (Lipinski definition) is 1. The van der Waals surface area contributed by atoms with Crippen molar-refractivity contribution < 1.29 is 9.13 Å². The van der Waals surface area contributed by atoms with Gasteiger partial charge in [-0.3, -0.25) is 0 Å². The lowest BCUT2D eigenvalue weighted by Gasteiger charge is -2.14. The molecule has 2 nitrogen and oxygen atoms in total. The van der Waals surface area contributed by atoms with Gasteiger partial charge in [-0.15, -0.1) is 6.58 Å². The molecule has 0 fully saturated rings. The molecular formula is C13H18FNO. The van der Waals surface area contributed by atoms with Gasteiger partial charge in [-0.2, -0.15) is 0 Å². The third-order valence-corrected chi connectivity index (χ3v) is 2.47. The van der Waals surface area contributed by atoms with E-state index in [9.17, 15) is 4.39 Å². The third-order valence-electron chi connectivity index (χ3n) is 2.47. The van der Waals surface area contributed by atoms with Gasteiger partial charge < -0.3 is 10.1 Å². The van der Waals surface area contributed by atoms with Crippen molar-refractivity contribution in [3.05, 3.63) is 42.2 Å². The van der Waals surface area contributed by atoms with E-state index in [0.29, 0.717) is 0 Å². The number of ether oxygens (including phenoxy) is 1. The summed E-state index contributed by atoms with van der Waals surface area (Å²) in [5.74, 6) is -0.0422. The van der Waals surface area contributed by atoms with E-state index in [-0.39, 0.29) is 17.6 Å². The van der Waals surface area contributed by atoms with E-state index in [1.165, 1.54) is 13.2 Å². The smallest absolute Gasteiger partial charge is 0.165 e. The maximum atomic E-state index is 13.2. The number of nitrogens with one attached hydrogen (secondary N) is 1. The Kier molecular flexibility index (Phi) is 4.99. The SMILES string of the molecule is C=CCCNC(C)c1ccc(F)c(OC)c1. The van der Waals surface area contributed by atoms with Gasteiger partial charge in [0.1, 0.15) is 0 Å². The number of benzene rings is 1. The summed E-state index contributed by atoms with van der Waals surface area (Å²) in [6, 6.07) is 5.10. The van der Waals surface area contributed by atoms with Crippen LogP contribution in [0.5, 0.6) is 5.75 Å². The molecule has 16 heavy (non-hydrogen) atoms. The normalized spacial score (nSPS) is 12.2. The lowest BCUT2D eigenvalue weighted by Crippen LogP contribution is -2.19. The quantitative estimate of drug-likeness (QED) is 0.591. The van der Waals surface area contributed by atoms with Crippen LogP contribution in [0.3, 0.4) is 0 Å². The fourth-order valence-corrected chi connectivity index (χ4v) is 1.47. The molecule has 0 heterocycles. The minimum Gasteiger partial charge on any atom is -0.494 e. The summed E-state index contributed by atoms with van der Waals surface area (Å²) in [6.07, 6.45) is 2.79. The number of halogens is 1. The van der Waals surface area contributed by atoms with E-state index in [1.54, 1.807) is 12.1 Å². The molecule has 1 aromatic carbocycles. The summed E-state index contributed by atoms with van der Waals surface area (Å²) in [5, 5.41) is 3.32. The van der Waals surface area contributed by atoms with Gasteiger partial charge in [0, 0.05) is 6.04 Å². The highest BCUT2D eigenvalue weighted by atomic mass is 19.1. The second kappa shape index (κ2) is 6.28. The summed E-state index contributed by atoms with van der Waals surface area (Å²) < 4.78 is 18.1. The van der Waals surface area contributed by atoms with Crippen LogP contribution in [0.1, 0.15) is 24.9 Å². The Balaban J connectivity index is 2.67. The average molecular weight is 223 g/mol. The molecule has 0 saturated carbocycles. The Bertz CT molecular complexity index is 352. The zero-order valence-electron chi connectivity index (χ0n) is 9.79. The zero-order valence-corrected chi connectivity index (χ0v) is 9.79. The molecule has 0 bridgehead atoms. The first-order valence-electron chi connectivity index (χ1n) is 5.36.